The number of nitrogens with zero attached hydrogens (tertiary/aromatic N) is 3. The van der Waals surface area contributed by atoms with E-state index in [-0.39, 0.29) is 20.9 Å². The monoisotopic (exact) mass is 369 g/mol. The highest BCUT2D eigenvalue weighted by molar-refractivity contribution is 7.14. The van der Waals surface area contributed by atoms with Crippen molar-refractivity contribution >= 4 is 57.2 Å². The van der Waals surface area contributed by atoms with Crippen molar-refractivity contribution in [3.05, 3.63) is 49.8 Å². The highest BCUT2D eigenvalue weighted by atomic mass is 35.5. The molecule has 0 fully saturated rings. The second-order valence-electron chi connectivity index (χ2n) is 4.39. The number of aromatic nitrogens is 1. The van der Waals surface area contributed by atoms with Crippen LogP contribution in [-0.2, 0) is 9.59 Å². The van der Waals surface area contributed by atoms with Crippen LogP contribution < -0.4 is 4.90 Å². The van der Waals surface area contributed by atoms with Crippen LogP contribution in [0, 0.1) is 10.1 Å². The van der Waals surface area contributed by atoms with Crippen molar-refractivity contribution in [2.45, 2.75) is 0 Å². The van der Waals surface area contributed by atoms with Crippen molar-refractivity contribution in [2.75, 3.05) is 4.90 Å². The summed E-state index contributed by atoms with van der Waals surface area (Å²) in [6, 6.07) is 5.75. The van der Waals surface area contributed by atoms with Gasteiger partial charge in [0.2, 0.25) is 0 Å². The van der Waals surface area contributed by atoms with E-state index in [0.717, 1.165) is 16.2 Å². The molecule has 7 nitrogen and oxygen atoms in total. The Bertz CT molecular complexity index is 852. The maximum atomic E-state index is 11.9. The molecule has 0 saturated heterocycles. The number of rotatable bonds is 3. The molecule has 1 aromatic heterocycles. The van der Waals surface area contributed by atoms with Gasteiger partial charge in [0.05, 0.1) is 10.6 Å². The minimum Gasteiger partial charge on any atom is -0.267 e. The van der Waals surface area contributed by atoms with Crippen LogP contribution in [0.5, 0.6) is 0 Å². The van der Waals surface area contributed by atoms with E-state index in [1.807, 2.05) is 0 Å². The molecule has 0 saturated carbocycles. The summed E-state index contributed by atoms with van der Waals surface area (Å²) in [6.07, 6.45) is 0. The Labute approximate surface area is 142 Å². The minimum atomic E-state index is -0.730. The zero-order valence-corrected chi connectivity index (χ0v) is 13.4. The zero-order valence-electron chi connectivity index (χ0n) is 11.0. The Morgan fingerprint density at radius 1 is 1.09 bits per heavy atom. The summed E-state index contributed by atoms with van der Waals surface area (Å²) in [6.45, 7) is 0. The van der Waals surface area contributed by atoms with Gasteiger partial charge in [-0.2, -0.15) is 0 Å². The molecule has 23 heavy (non-hydrogen) atoms. The molecule has 0 atom stereocenters. The third-order valence-electron chi connectivity index (χ3n) is 3.03. The van der Waals surface area contributed by atoms with Gasteiger partial charge >= 0.3 is 0 Å². The lowest BCUT2D eigenvalue weighted by atomic mass is 10.1. The number of non-ortho nitro benzene ring substituents is 1. The lowest BCUT2D eigenvalue weighted by molar-refractivity contribution is -0.384. The average molecular weight is 370 g/mol. The summed E-state index contributed by atoms with van der Waals surface area (Å²) >= 11 is 12.4. The second-order valence-corrected chi connectivity index (χ2v) is 5.99. The quantitative estimate of drug-likeness (QED) is 0.470. The zero-order chi connectivity index (χ0) is 16.7. The van der Waals surface area contributed by atoms with E-state index in [1.54, 1.807) is 5.38 Å². The number of amides is 2. The Morgan fingerprint density at radius 3 is 2.17 bits per heavy atom. The number of imide groups is 1. The van der Waals surface area contributed by atoms with Gasteiger partial charge < -0.3 is 0 Å². The number of carbonyl (C=O) groups is 2. The van der Waals surface area contributed by atoms with Gasteiger partial charge in [-0.15, -0.1) is 11.3 Å². The number of benzene rings is 1. The number of hydrogen-bond donors (Lipinski definition) is 0. The molecule has 0 bridgehead atoms. The fourth-order valence-corrected chi connectivity index (χ4v) is 3.06. The highest BCUT2D eigenvalue weighted by Gasteiger charge is 2.39. The van der Waals surface area contributed by atoms with E-state index in [2.05, 4.69) is 4.98 Å². The third kappa shape index (κ3) is 2.61. The van der Waals surface area contributed by atoms with Crippen molar-refractivity contribution < 1.29 is 14.5 Å². The van der Waals surface area contributed by atoms with Crippen molar-refractivity contribution in [3.8, 4) is 11.3 Å². The van der Waals surface area contributed by atoms with Crippen molar-refractivity contribution in [3.63, 3.8) is 0 Å². The molecule has 0 aliphatic carbocycles. The first-order valence-corrected chi connectivity index (χ1v) is 7.68. The van der Waals surface area contributed by atoms with E-state index in [9.17, 15) is 19.7 Å². The average Bonchev–Trinajstić information content (AvgIpc) is 3.08. The number of carbonyl (C=O) groups excluding carboxylic acids is 2. The summed E-state index contributed by atoms with van der Waals surface area (Å²) in [7, 11) is 0. The van der Waals surface area contributed by atoms with Crippen LogP contribution in [0.25, 0.3) is 11.3 Å². The van der Waals surface area contributed by atoms with Gasteiger partial charge in [-0.3, -0.25) is 19.7 Å². The molecule has 3 rings (SSSR count). The minimum absolute atomic E-state index is 0.0446. The highest BCUT2D eigenvalue weighted by Crippen LogP contribution is 2.35. The topological polar surface area (TPSA) is 93.4 Å². The number of halogens is 2. The molecule has 116 valence electrons. The van der Waals surface area contributed by atoms with Crippen LogP contribution in [0.4, 0.5) is 10.8 Å². The van der Waals surface area contributed by atoms with Gasteiger partial charge in [-0.1, -0.05) is 23.2 Å². The van der Waals surface area contributed by atoms with Gasteiger partial charge in [0.15, 0.2) is 5.13 Å². The maximum Gasteiger partial charge on any atom is 0.280 e. The lowest BCUT2D eigenvalue weighted by Gasteiger charge is -2.09. The number of hydrogen-bond acceptors (Lipinski definition) is 6. The molecular formula is C13H5Cl2N3O4S. The Kier molecular flexibility index (Phi) is 3.88. The summed E-state index contributed by atoms with van der Waals surface area (Å²) in [4.78, 5) is 39.0. The first-order chi connectivity index (χ1) is 10.9. The Hall–Kier alpha value is -2.29. The predicted molar refractivity (Wildman–Crippen MR) is 85.4 cm³/mol. The Morgan fingerprint density at radius 2 is 1.65 bits per heavy atom. The normalized spacial score (nSPS) is 14.8. The SMILES string of the molecule is O=C1C(Cl)=C(Cl)C(=O)N1c1nc(-c2ccc([N+](=O)[O-])cc2)cs1. The molecule has 2 heterocycles. The fraction of sp³-hybridized carbons (Fsp3) is 0. The predicted octanol–water partition coefficient (Wildman–Crippen LogP) is 3.28. The first-order valence-electron chi connectivity index (χ1n) is 6.04. The van der Waals surface area contributed by atoms with Gasteiger partial charge in [-0.25, -0.2) is 9.88 Å². The molecule has 10 heteroatoms. The van der Waals surface area contributed by atoms with Crippen LogP contribution in [0.15, 0.2) is 39.7 Å². The van der Waals surface area contributed by atoms with Crippen LogP contribution in [0.3, 0.4) is 0 Å². The number of nitro groups is 1. The van der Waals surface area contributed by atoms with E-state index in [1.165, 1.54) is 24.3 Å². The van der Waals surface area contributed by atoms with Gasteiger partial charge in [-0.05, 0) is 12.1 Å². The molecule has 0 spiro atoms. The molecule has 1 aliphatic rings. The molecule has 0 unspecified atom stereocenters. The lowest BCUT2D eigenvalue weighted by Crippen LogP contribution is -2.30. The molecule has 1 aliphatic heterocycles. The van der Waals surface area contributed by atoms with E-state index in [4.69, 9.17) is 23.2 Å². The molecule has 0 N–H and O–H groups in total. The van der Waals surface area contributed by atoms with Crippen LogP contribution in [-0.4, -0.2) is 21.7 Å². The third-order valence-corrected chi connectivity index (χ3v) is 4.66. The summed E-state index contributed by atoms with van der Waals surface area (Å²) < 4.78 is 0. The van der Waals surface area contributed by atoms with Crippen LogP contribution in [0.2, 0.25) is 0 Å². The summed E-state index contributed by atoms with van der Waals surface area (Å²) in [5, 5.41) is 11.7. The molecule has 2 aromatic rings. The molecule has 0 radical (unpaired) electrons. The number of nitro benzene ring substituents is 1. The van der Waals surface area contributed by atoms with Gasteiger partial charge in [0.25, 0.3) is 17.5 Å². The second kappa shape index (κ2) is 5.73. The molecule has 2 amide bonds. The largest absolute Gasteiger partial charge is 0.280 e. The van der Waals surface area contributed by atoms with Crippen LogP contribution >= 0.6 is 34.5 Å². The molecule has 1 aromatic carbocycles. The standard InChI is InChI=1S/C13H5Cl2N3O4S/c14-9-10(15)12(20)17(11(9)19)13-16-8(5-23-13)6-1-3-7(4-2-6)18(21)22/h1-5H. The fourth-order valence-electron chi connectivity index (χ4n) is 1.90. The van der Waals surface area contributed by atoms with E-state index < -0.39 is 16.7 Å². The number of thiazole rings is 1. The summed E-state index contributed by atoms with van der Waals surface area (Å²) in [5.74, 6) is -1.46. The van der Waals surface area contributed by atoms with Gasteiger partial charge in [0.1, 0.15) is 10.1 Å². The van der Waals surface area contributed by atoms with Crippen LogP contribution in [0.1, 0.15) is 0 Å². The van der Waals surface area contributed by atoms with Crippen molar-refractivity contribution in [1.29, 1.82) is 0 Å². The Balaban J connectivity index is 1.91. The maximum absolute atomic E-state index is 11.9. The smallest absolute Gasteiger partial charge is 0.267 e. The van der Waals surface area contributed by atoms with E-state index >= 15 is 0 Å². The van der Waals surface area contributed by atoms with Gasteiger partial charge in [0, 0.05) is 23.1 Å². The first kappa shape index (κ1) is 15.6. The van der Waals surface area contributed by atoms with E-state index in [0.29, 0.717) is 11.3 Å². The van der Waals surface area contributed by atoms with Crippen molar-refractivity contribution in [1.82, 2.24) is 4.98 Å². The van der Waals surface area contributed by atoms with Crippen molar-refractivity contribution in [2.24, 2.45) is 0 Å². The number of anilines is 1. The molecular weight excluding hydrogens is 365 g/mol. The summed E-state index contributed by atoms with van der Waals surface area (Å²) in [5.41, 5.74) is 1.04.